The molecule has 1 amide bonds. The van der Waals surface area contributed by atoms with Crippen LogP contribution in [0, 0.1) is 23.0 Å². The fourth-order valence-electron chi connectivity index (χ4n) is 2.30. The van der Waals surface area contributed by atoms with E-state index in [9.17, 15) is 13.6 Å². The highest BCUT2D eigenvalue weighted by Crippen LogP contribution is 2.30. The summed E-state index contributed by atoms with van der Waals surface area (Å²) in [7, 11) is 0. The van der Waals surface area contributed by atoms with E-state index in [1.165, 1.54) is 23.4 Å². The maximum absolute atomic E-state index is 13.3. The van der Waals surface area contributed by atoms with Crippen LogP contribution in [0.25, 0.3) is 0 Å². The minimum absolute atomic E-state index is 0.330. The number of hydrogen-bond acceptors (Lipinski definition) is 3. The average molecular weight is 303 g/mol. The number of carbonyl (C=O) groups excluding carboxylic acids is 1. The molecule has 2 rings (SSSR count). The van der Waals surface area contributed by atoms with Gasteiger partial charge in [-0.25, -0.2) is 13.8 Å². The minimum Gasteiger partial charge on any atom is -0.268 e. The van der Waals surface area contributed by atoms with Crippen molar-refractivity contribution in [3.63, 3.8) is 0 Å². The number of hydrogen-bond donors (Lipinski definition) is 0. The Labute approximate surface area is 127 Å². The van der Waals surface area contributed by atoms with Crippen LogP contribution in [-0.2, 0) is 4.79 Å². The van der Waals surface area contributed by atoms with Crippen molar-refractivity contribution in [2.24, 2.45) is 5.10 Å². The molecule has 0 saturated carbocycles. The molecular weight excluding hydrogens is 288 g/mol. The number of amides is 1. The Bertz CT molecular complexity index is 644. The molecule has 1 aromatic rings. The predicted octanol–water partition coefficient (Wildman–Crippen LogP) is 3.47. The van der Waals surface area contributed by atoms with Crippen LogP contribution in [-0.4, -0.2) is 17.1 Å². The van der Waals surface area contributed by atoms with Gasteiger partial charge in [0.1, 0.15) is 11.6 Å². The fourth-order valence-corrected chi connectivity index (χ4v) is 2.30. The van der Waals surface area contributed by atoms with Gasteiger partial charge in [-0.3, -0.25) is 4.79 Å². The summed E-state index contributed by atoms with van der Waals surface area (Å²) >= 11 is 0. The molecule has 1 aliphatic rings. The highest BCUT2D eigenvalue weighted by Gasteiger charge is 2.29. The van der Waals surface area contributed by atoms with Crippen LogP contribution in [0.3, 0.4) is 0 Å². The zero-order valence-corrected chi connectivity index (χ0v) is 11.9. The molecule has 1 atom stereocenters. The lowest BCUT2D eigenvalue weighted by molar-refractivity contribution is -0.129. The van der Waals surface area contributed by atoms with E-state index in [2.05, 4.69) is 11.7 Å². The molecule has 0 spiro atoms. The van der Waals surface area contributed by atoms with Crippen molar-refractivity contribution in [3.8, 4) is 6.07 Å². The third-order valence-electron chi connectivity index (χ3n) is 3.38. The highest BCUT2D eigenvalue weighted by atomic mass is 19.1. The van der Waals surface area contributed by atoms with Crippen molar-refractivity contribution in [2.75, 3.05) is 0 Å². The first-order valence-electron chi connectivity index (χ1n) is 6.89. The Hall–Kier alpha value is -2.55. The van der Waals surface area contributed by atoms with Gasteiger partial charge in [-0.05, 0) is 30.5 Å². The normalized spacial score (nSPS) is 16.6. The van der Waals surface area contributed by atoms with Crippen molar-refractivity contribution < 1.29 is 13.6 Å². The van der Waals surface area contributed by atoms with Gasteiger partial charge in [-0.2, -0.15) is 10.4 Å². The summed E-state index contributed by atoms with van der Waals surface area (Å²) < 4.78 is 26.7. The van der Waals surface area contributed by atoms with Crippen molar-refractivity contribution in [1.29, 1.82) is 5.26 Å². The predicted molar refractivity (Wildman–Crippen MR) is 77.7 cm³/mol. The Morgan fingerprint density at radius 2 is 2.09 bits per heavy atom. The number of carbonyl (C=O) groups is 1. The molecule has 0 radical (unpaired) electrons. The lowest BCUT2D eigenvalue weighted by atomic mass is 10.0. The Kier molecular flexibility index (Phi) is 4.99. The number of rotatable bonds is 5. The van der Waals surface area contributed by atoms with Crippen LogP contribution in [0.4, 0.5) is 8.78 Å². The first-order valence-corrected chi connectivity index (χ1v) is 6.89. The van der Waals surface area contributed by atoms with Gasteiger partial charge in [0.25, 0.3) is 5.91 Å². The number of benzene rings is 1. The molecule has 1 aliphatic heterocycles. The second-order valence-electron chi connectivity index (χ2n) is 5.02. The summed E-state index contributed by atoms with van der Waals surface area (Å²) in [4.78, 5) is 12.3. The van der Waals surface area contributed by atoms with E-state index in [0.717, 1.165) is 6.07 Å². The first-order chi connectivity index (χ1) is 10.5. The van der Waals surface area contributed by atoms with E-state index in [0.29, 0.717) is 36.8 Å². The molecular formula is C16H15F2N3O. The van der Waals surface area contributed by atoms with Crippen LogP contribution < -0.4 is 0 Å². The lowest BCUT2D eigenvalue weighted by Gasteiger charge is -2.23. The number of unbranched alkanes of at least 4 members (excludes halogenated alkanes) is 1. The SMILES string of the molecule is C=C(CCCC#N)C(=O)N1N=CCC1c1cc(F)cc(F)c1. The average Bonchev–Trinajstić information content (AvgIpc) is 2.95. The monoisotopic (exact) mass is 303 g/mol. The summed E-state index contributed by atoms with van der Waals surface area (Å²) in [6.07, 6.45) is 3.20. The highest BCUT2D eigenvalue weighted by molar-refractivity contribution is 5.94. The summed E-state index contributed by atoms with van der Waals surface area (Å²) in [5.41, 5.74) is 0.685. The van der Waals surface area contributed by atoms with E-state index < -0.39 is 17.7 Å². The molecule has 1 heterocycles. The molecule has 0 fully saturated rings. The van der Waals surface area contributed by atoms with Gasteiger partial charge >= 0.3 is 0 Å². The lowest BCUT2D eigenvalue weighted by Crippen LogP contribution is -2.28. The number of nitriles is 1. The van der Waals surface area contributed by atoms with E-state index in [1.54, 1.807) is 0 Å². The second-order valence-corrected chi connectivity index (χ2v) is 5.02. The molecule has 0 aromatic heterocycles. The van der Waals surface area contributed by atoms with Crippen LogP contribution in [0.15, 0.2) is 35.5 Å². The topological polar surface area (TPSA) is 56.5 Å². The van der Waals surface area contributed by atoms with Crippen LogP contribution in [0.5, 0.6) is 0 Å². The van der Waals surface area contributed by atoms with Crippen molar-refractivity contribution in [1.82, 2.24) is 5.01 Å². The molecule has 0 saturated heterocycles. The maximum Gasteiger partial charge on any atom is 0.269 e. The zero-order chi connectivity index (χ0) is 16.1. The fraction of sp³-hybridized carbons (Fsp3) is 0.312. The molecule has 6 heteroatoms. The van der Waals surface area contributed by atoms with E-state index >= 15 is 0 Å². The minimum atomic E-state index is -0.692. The quantitative estimate of drug-likeness (QED) is 0.617. The third kappa shape index (κ3) is 3.55. The van der Waals surface area contributed by atoms with Gasteiger partial charge < -0.3 is 0 Å². The third-order valence-corrected chi connectivity index (χ3v) is 3.38. The summed E-state index contributed by atoms with van der Waals surface area (Å²) in [6, 6.07) is 4.64. The van der Waals surface area contributed by atoms with Crippen LogP contribution in [0.1, 0.15) is 37.3 Å². The molecule has 0 aliphatic carbocycles. The van der Waals surface area contributed by atoms with Crippen molar-refractivity contribution >= 4 is 12.1 Å². The van der Waals surface area contributed by atoms with Crippen LogP contribution in [0.2, 0.25) is 0 Å². The smallest absolute Gasteiger partial charge is 0.268 e. The summed E-state index contributed by atoms with van der Waals surface area (Å²) in [6.45, 7) is 3.71. The van der Waals surface area contributed by atoms with Gasteiger partial charge in [-0.15, -0.1) is 0 Å². The molecule has 22 heavy (non-hydrogen) atoms. The van der Waals surface area contributed by atoms with E-state index in [4.69, 9.17) is 5.26 Å². The Balaban J connectivity index is 2.13. The molecule has 4 nitrogen and oxygen atoms in total. The number of hydrazone groups is 1. The Morgan fingerprint density at radius 3 is 2.73 bits per heavy atom. The van der Waals surface area contributed by atoms with Crippen molar-refractivity contribution in [3.05, 3.63) is 47.5 Å². The molecule has 1 unspecified atom stereocenters. The molecule has 1 aromatic carbocycles. The van der Waals surface area contributed by atoms with Gasteiger partial charge in [-0.1, -0.05) is 6.58 Å². The molecule has 0 N–H and O–H groups in total. The first kappa shape index (κ1) is 15.8. The maximum atomic E-state index is 13.3. The van der Waals surface area contributed by atoms with Crippen molar-refractivity contribution in [2.45, 2.75) is 31.7 Å². The molecule has 0 bridgehead atoms. The van der Waals surface area contributed by atoms with Gasteiger partial charge in [0.15, 0.2) is 0 Å². The number of halogens is 2. The Morgan fingerprint density at radius 1 is 1.41 bits per heavy atom. The zero-order valence-electron chi connectivity index (χ0n) is 11.9. The standard InChI is InChI=1S/C16H15F2N3O/c1-11(4-2-3-6-19)16(22)21-15(5-7-20-21)12-8-13(17)10-14(18)9-12/h7-10,15H,1-5H2. The van der Waals surface area contributed by atoms with Gasteiger partial charge in [0.05, 0.1) is 12.1 Å². The summed E-state index contributed by atoms with van der Waals surface area (Å²) in [5, 5.41) is 13.7. The second kappa shape index (κ2) is 6.94. The largest absolute Gasteiger partial charge is 0.269 e. The summed E-state index contributed by atoms with van der Waals surface area (Å²) in [5.74, 6) is -1.77. The molecule has 114 valence electrons. The number of nitrogens with zero attached hydrogens (tertiary/aromatic N) is 3. The van der Waals surface area contributed by atoms with E-state index in [-0.39, 0.29) is 5.91 Å². The van der Waals surface area contributed by atoms with E-state index in [1.807, 2.05) is 6.07 Å². The van der Waals surface area contributed by atoms with Gasteiger partial charge in [0.2, 0.25) is 0 Å². The van der Waals surface area contributed by atoms with Crippen LogP contribution >= 0.6 is 0 Å². The van der Waals surface area contributed by atoms with Gasteiger partial charge in [0, 0.05) is 30.7 Å².